The SMILES string of the molecule is COc1ccc(NC(=S)N2N=C(c3ccc(F)cc3)CC2c2ccc(F)cc2)cc1. The molecule has 1 aliphatic heterocycles. The van der Waals surface area contributed by atoms with Crippen LogP contribution in [0.25, 0.3) is 0 Å². The molecule has 3 aromatic rings. The fraction of sp³-hybridized carbons (Fsp3) is 0.130. The van der Waals surface area contributed by atoms with Crippen LogP contribution in [0.1, 0.15) is 23.6 Å². The highest BCUT2D eigenvalue weighted by Gasteiger charge is 2.31. The topological polar surface area (TPSA) is 36.9 Å². The van der Waals surface area contributed by atoms with Gasteiger partial charge in [0, 0.05) is 12.1 Å². The van der Waals surface area contributed by atoms with Crippen molar-refractivity contribution in [2.45, 2.75) is 12.5 Å². The summed E-state index contributed by atoms with van der Waals surface area (Å²) in [7, 11) is 1.61. The number of anilines is 1. The molecule has 152 valence electrons. The molecule has 1 atom stereocenters. The van der Waals surface area contributed by atoms with Crippen molar-refractivity contribution in [3.05, 3.63) is 95.6 Å². The van der Waals surface area contributed by atoms with Crippen LogP contribution in [0.3, 0.4) is 0 Å². The third-order valence-electron chi connectivity index (χ3n) is 4.89. The Morgan fingerprint density at radius 1 is 0.967 bits per heavy atom. The third-order valence-corrected chi connectivity index (χ3v) is 5.18. The van der Waals surface area contributed by atoms with Gasteiger partial charge < -0.3 is 10.1 Å². The zero-order valence-corrected chi connectivity index (χ0v) is 17.0. The van der Waals surface area contributed by atoms with Crippen LogP contribution < -0.4 is 10.1 Å². The van der Waals surface area contributed by atoms with Crippen LogP contribution in [0, 0.1) is 11.6 Å². The van der Waals surface area contributed by atoms with Gasteiger partial charge in [-0.3, -0.25) is 0 Å². The molecule has 0 amide bonds. The van der Waals surface area contributed by atoms with E-state index in [2.05, 4.69) is 5.32 Å². The number of hydrogen-bond acceptors (Lipinski definition) is 3. The van der Waals surface area contributed by atoms with Gasteiger partial charge in [-0.1, -0.05) is 24.3 Å². The first-order valence-electron chi connectivity index (χ1n) is 9.36. The minimum absolute atomic E-state index is 0.205. The summed E-state index contributed by atoms with van der Waals surface area (Å²) in [6.07, 6.45) is 0.557. The molecule has 0 spiro atoms. The summed E-state index contributed by atoms with van der Waals surface area (Å²) in [5.41, 5.74) is 3.28. The number of nitrogens with one attached hydrogen (secondary N) is 1. The van der Waals surface area contributed by atoms with Gasteiger partial charge in [-0.15, -0.1) is 0 Å². The molecule has 4 rings (SSSR count). The minimum atomic E-state index is -0.305. The number of benzene rings is 3. The number of halogens is 2. The summed E-state index contributed by atoms with van der Waals surface area (Å²) in [5, 5.41) is 10.0. The van der Waals surface area contributed by atoms with Gasteiger partial charge in [0.2, 0.25) is 0 Å². The Morgan fingerprint density at radius 2 is 1.57 bits per heavy atom. The molecule has 0 saturated carbocycles. The third kappa shape index (κ3) is 4.31. The first-order chi connectivity index (χ1) is 14.5. The molecule has 1 aliphatic rings. The smallest absolute Gasteiger partial charge is 0.194 e. The van der Waals surface area contributed by atoms with E-state index in [-0.39, 0.29) is 17.7 Å². The number of hydrazone groups is 1. The highest BCUT2D eigenvalue weighted by atomic mass is 32.1. The van der Waals surface area contributed by atoms with Crippen LogP contribution in [0.4, 0.5) is 14.5 Å². The second kappa shape index (κ2) is 8.59. The van der Waals surface area contributed by atoms with E-state index >= 15 is 0 Å². The second-order valence-corrected chi connectivity index (χ2v) is 7.21. The summed E-state index contributed by atoms with van der Waals surface area (Å²) < 4.78 is 31.9. The number of hydrogen-bond donors (Lipinski definition) is 1. The van der Waals surface area contributed by atoms with Gasteiger partial charge >= 0.3 is 0 Å². The standard InChI is InChI=1S/C23H19F2N3OS/c1-29-20-12-10-19(11-13-20)26-23(30)28-22(16-4-8-18(25)9-5-16)14-21(27-28)15-2-6-17(24)7-3-15/h2-13,22H,14H2,1H3,(H,26,30). The second-order valence-electron chi connectivity index (χ2n) is 6.83. The van der Waals surface area contributed by atoms with Crippen molar-refractivity contribution in [2.75, 3.05) is 12.4 Å². The molecule has 0 radical (unpaired) electrons. The predicted molar refractivity (Wildman–Crippen MR) is 118 cm³/mol. The Balaban J connectivity index is 1.62. The maximum atomic E-state index is 13.4. The van der Waals surface area contributed by atoms with Crippen LogP contribution in [-0.4, -0.2) is 22.9 Å². The van der Waals surface area contributed by atoms with Crippen molar-refractivity contribution in [1.82, 2.24) is 5.01 Å². The quantitative estimate of drug-likeness (QED) is 0.561. The van der Waals surface area contributed by atoms with Crippen LogP contribution in [-0.2, 0) is 0 Å². The van der Waals surface area contributed by atoms with Gasteiger partial charge in [0.25, 0.3) is 0 Å². The zero-order valence-electron chi connectivity index (χ0n) is 16.2. The van der Waals surface area contributed by atoms with E-state index in [0.29, 0.717) is 11.5 Å². The van der Waals surface area contributed by atoms with Crippen LogP contribution in [0.5, 0.6) is 5.75 Å². The lowest BCUT2D eigenvalue weighted by molar-refractivity contribution is 0.375. The van der Waals surface area contributed by atoms with Gasteiger partial charge in [-0.2, -0.15) is 5.10 Å². The summed E-state index contributed by atoms with van der Waals surface area (Å²) in [5.74, 6) is 0.135. The van der Waals surface area contributed by atoms with E-state index in [9.17, 15) is 8.78 Å². The number of methoxy groups -OCH3 is 1. The predicted octanol–water partition coefficient (Wildman–Crippen LogP) is 5.52. The van der Waals surface area contributed by atoms with E-state index in [1.807, 2.05) is 24.3 Å². The van der Waals surface area contributed by atoms with E-state index < -0.39 is 0 Å². The Hall–Kier alpha value is -3.32. The Kier molecular flexibility index (Phi) is 5.72. The van der Waals surface area contributed by atoms with Gasteiger partial charge in [0.1, 0.15) is 17.4 Å². The summed E-state index contributed by atoms with van der Waals surface area (Å²) in [4.78, 5) is 0. The van der Waals surface area contributed by atoms with E-state index in [1.54, 1.807) is 36.4 Å². The van der Waals surface area contributed by atoms with Crippen molar-refractivity contribution in [2.24, 2.45) is 5.10 Å². The Bertz CT molecular complexity index is 1070. The monoisotopic (exact) mass is 423 g/mol. The molecule has 7 heteroatoms. The van der Waals surface area contributed by atoms with E-state index in [4.69, 9.17) is 22.1 Å². The molecular weight excluding hydrogens is 404 g/mol. The van der Waals surface area contributed by atoms with E-state index in [1.165, 1.54) is 24.3 Å². The first kappa shape index (κ1) is 20.0. The molecule has 1 heterocycles. The van der Waals surface area contributed by atoms with Crippen LogP contribution in [0.15, 0.2) is 77.9 Å². The molecule has 0 fully saturated rings. The lowest BCUT2D eigenvalue weighted by Crippen LogP contribution is -2.31. The van der Waals surface area contributed by atoms with Crippen molar-refractivity contribution in [3.8, 4) is 5.75 Å². The largest absolute Gasteiger partial charge is 0.497 e. The minimum Gasteiger partial charge on any atom is -0.497 e. The number of ether oxygens (including phenoxy) is 1. The molecule has 1 N–H and O–H groups in total. The summed E-state index contributed by atoms with van der Waals surface area (Å²) in [6.45, 7) is 0. The number of nitrogens with zero attached hydrogens (tertiary/aromatic N) is 2. The van der Waals surface area contributed by atoms with Crippen LogP contribution >= 0.6 is 12.2 Å². The first-order valence-corrected chi connectivity index (χ1v) is 9.77. The lowest BCUT2D eigenvalue weighted by Gasteiger charge is -2.25. The molecule has 3 aromatic carbocycles. The maximum Gasteiger partial charge on any atom is 0.194 e. The number of rotatable bonds is 4. The van der Waals surface area contributed by atoms with Crippen molar-refractivity contribution in [3.63, 3.8) is 0 Å². The molecule has 4 nitrogen and oxygen atoms in total. The molecule has 0 bridgehead atoms. The van der Waals surface area contributed by atoms with Crippen LogP contribution in [0.2, 0.25) is 0 Å². The molecule has 0 aliphatic carbocycles. The van der Waals surface area contributed by atoms with Gasteiger partial charge in [0.15, 0.2) is 5.11 Å². The number of thiocarbonyl (C=S) groups is 1. The summed E-state index contributed by atoms with van der Waals surface area (Å²) >= 11 is 5.63. The molecule has 0 saturated heterocycles. The Labute approximate surface area is 178 Å². The van der Waals surface area contributed by atoms with Gasteiger partial charge in [-0.05, 0) is 71.9 Å². The average Bonchev–Trinajstić information content (AvgIpc) is 3.21. The average molecular weight is 423 g/mol. The van der Waals surface area contributed by atoms with Gasteiger partial charge in [0.05, 0.1) is 18.9 Å². The highest BCUT2D eigenvalue weighted by molar-refractivity contribution is 7.80. The van der Waals surface area contributed by atoms with Crippen molar-refractivity contribution in [1.29, 1.82) is 0 Å². The van der Waals surface area contributed by atoms with Crippen molar-refractivity contribution < 1.29 is 13.5 Å². The molecule has 1 unspecified atom stereocenters. The Morgan fingerprint density at radius 3 is 2.17 bits per heavy atom. The molecule has 0 aromatic heterocycles. The fourth-order valence-corrected chi connectivity index (χ4v) is 3.60. The van der Waals surface area contributed by atoms with Gasteiger partial charge in [-0.25, -0.2) is 13.8 Å². The molecule has 30 heavy (non-hydrogen) atoms. The highest BCUT2D eigenvalue weighted by Crippen LogP contribution is 2.33. The normalized spacial score (nSPS) is 15.6. The van der Waals surface area contributed by atoms with Crippen molar-refractivity contribution >= 4 is 28.7 Å². The lowest BCUT2D eigenvalue weighted by atomic mass is 9.98. The zero-order chi connectivity index (χ0) is 21.1. The summed E-state index contributed by atoms with van der Waals surface area (Å²) in [6, 6.07) is 19.7. The van der Waals surface area contributed by atoms with E-state index in [0.717, 1.165) is 28.3 Å². The molecular formula is C23H19F2N3OS. The fourth-order valence-electron chi connectivity index (χ4n) is 3.31. The maximum absolute atomic E-state index is 13.4.